The minimum Gasteiger partial charge on any atom is -0.312 e. The van der Waals surface area contributed by atoms with Gasteiger partial charge in [0.05, 0.1) is 0 Å². The van der Waals surface area contributed by atoms with E-state index in [2.05, 4.69) is 5.32 Å². The second-order valence-corrected chi connectivity index (χ2v) is 4.10. The predicted octanol–water partition coefficient (Wildman–Crippen LogP) is 0.680. The quantitative estimate of drug-likeness (QED) is 0.682. The van der Waals surface area contributed by atoms with E-state index in [9.17, 15) is 9.59 Å². The summed E-state index contributed by atoms with van der Waals surface area (Å²) >= 11 is 1.75. The minimum atomic E-state index is -0.251. The van der Waals surface area contributed by atoms with Gasteiger partial charge in [0.2, 0.25) is 5.91 Å². The second kappa shape index (κ2) is 4.50. The van der Waals surface area contributed by atoms with Gasteiger partial charge in [-0.05, 0) is 25.4 Å². The number of hydrogen-bond donors (Lipinski definition) is 1. The molecule has 1 aliphatic rings. The molecule has 1 fully saturated rings. The van der Waals surface area contributed by atoms with Crippen molar-refractivity contribution in [3.63, 3.8) is 0 Å². The molecule has 4 nitrogen and oxygen atoms in total. The Hall–Kier alpha value is -0.710. The first kappa shape index (κ1) is 10.4. The number of rotatable bonds is 4. The monoisotopic (exact) mass is 202 g/mol. The number of carbonyl (C=O) groups excluding carboxylic acids is 2. The van der Waals surface area contributed by atoms with Crippen LogP contribution < -0.4 is 5.32 Å². The van der Waals surface area contributed by atoms with Crippen LogP contribution in [-0.4, -0.2) is 41.4 Å². The average molecular weight is 202 g/mol. The van der Waals surface area contributed by atoms with Gasteiger partial charge in [0.15, 0.2) is 0 Å². The molecule has 1 unspecified atom stereocenters. The highest BCUT2D eigenvalue weighted by Crippen LogP contribution is 2.10. The maximum Gasteiger partial charge on any atom is 0.324 e. The summed E-state index contributed by atoms with van der Waals surface area (Å²) in [5.41, 5.74) is 0. The summed E-state index contributed by atoms with van der Waals surface area (Å²) in [7, 11) is 0. The molecule has 0 radical (unpaired) electrons. The molecule has 1 aliphatic heterocycles. The summed E-state index contributed by atoms with van der Waals surface area (Å²) in [6, 6.07) is -0.0995. The fourth-order valence-electron chi connectivity index (χ4n) is 1.26. The van der Waals surface area contributed by atoms with E-state index in [0.717, 1.165) is 12.2 Å². The molecule has 3 amide bonds. The third-order valence-corrected chi connectivity index (χ3v) is 2.74. The molecule has 0 spiro atoms. The largest absolute Gasteiger partial charge is 0.324 e. The smallest absolute Gasteiger partial charge is 0.312 e. The number of hydrogen-bond acceptors (Lipinski definition) is 3. The Kier molecular flexibility index (Phi) is 3.59. The van der Waals surface area contributed by atoms with E-state index in [4.69, 9.17) is 0 Å². The van der Waals surface area contributed by atoms with Crippen molar-refractivity contribution in [1.82, 2.24) is 10.2 Å². The van der Waals surface area contributed by atoms with Crippen LogP contribution in [0.4, 0.5) is 4.79 Å². The Morgan fingerprint density at radius 3 is 2.77 bits per heavy atom. The van der Waals surface area contributed by atoms with Gasteiger partial charge < -0.3 is 4.90 Å². The molecule has 0 saturated carbocycles. The van der Waals surface area contributed by atoms with E-state index in [-0.39, 0.29) is 24.5 Å². The Morgan fingerprint density at radius 1 is 1.62 bits per heavy atom. The van der Waals surface area contributed by atoms with Crippen LogP contribution in [-0.2, 0) is 4.79 Å². The Labute approximate surface area is 82.0 Å². The maximum absolute atomic E-state index is 11.2. The molecule has 1 saturated heterocycles. The zero-order chi connectivity index (χ0) is 9.84. The summed E-state index contributed by atoms with van der Waals surface area (Å²) in [5, 5.41) is 2.27. The van der Waals surface area contributed by atoms with Crippen molar-refractivity contribution < 1.29 is 9.59 Å². The Bertz CT molecular complexity index is 220. The van der Waals surface area contributed by atoms with E-state index in [1.807, 2.05) is 13.2 Å². The van der Waals surface area contributed by atoms with Crippen LogP contribution >= 0.6 is 11.8 Å². The fraction of sp³-hybridized carbons (Fsp3) is 0.750. The van der Waals surface area contributed by atoms with Crippen molar-refractivity contribution in [2.24, 2.45) is 0 Å². The summed E-state index contributed by atoms with van der Waals surface area (Å²) in [6.07, 6.45) is 2.96. The van der Waals surface area contributed by atoms with Crippen LogP contribution in [0.1, 0.15) is 13.3 Å². The summed E-state index contributed by atoms with van der Waals surface area (Å²) < 4.78 is 0. The number of nitrogens with zero attached hydrogens (tertiary/aromatic N) is 1. The van der Waals surface area contributed by atoms with E-state index < -0.39 is 0 Å². The van der Waals surface area contributed by atoms with Crippen molar-refractivity contribution in [2.75, 3.05) is 18.6 Å². The van der Waals surface area contributed by atoms with E-state index in [1.165, 1.54) is 0 Å². The fourth-order valence-corrected chi connectivity index (χ4v) is 1.83. The molecule has 1 N–H and O–H groups in total. The summed E-state index contributed by atoms with van der Waals surface area (Å²) in [5.74, 6) is 0.820. The highest BCUT2D eigenvalue weighted by molar-refractivity contribution is 7.98. The predicted molar refractivity (Wildman–Crippen MR) is 52.7 cm³/mol. The van der Waals surface area contributed by atoms with Crippen molar-refractivity contribution >= 4 is 23.7 Å². The zero-order valence-electron chi connectivity index (χ0n) is 7.87. The lowest BCUT2D eigenvalue weighted by Gasteiger charge is -2.21. The second-order valence-electron chi connectivity index (χ2n) is 3.11. The number of thioether (sulfide) groups is 1. The molecular weight excluding hydrogens is 188 g/mol. The van der Waals surface area contributed by atoms with Gasteiger partial charge in [0.1, 0.15) is 6.54 Å². The number of imide groups is 1. The summed E-state index contributed by atoms with van der Waals surface area (Å²) in [6.45, 7) is 2.18. The third-order valence-electron chi connectivity index (χ3n) is 2.09. The first-order chi connectivity index (χ1) is 6.15. The zero-order valence-corrected chi connectivity index (χ0v) is 8.69. The highest BCUT2D eigenvalue weighted by Gasteiger charge is 2.29. The van der Waals surface area contributed by atoms with Crippen molar-refractivity contribution in [1.29, 1.82) is 0 Å². The lowest BCUT2D eigenvalue weighted by Crippen LogP contribution is -2.36. The van der Waals surface area contributed by atoms with Crippen LogP contribution in [0, 0.1) is 0 Å². The van der Waals surface area contributed by atoms with Crippen molar-refractivity contribution in [3.8, 4) is 0 Å². The maximum atomic E-state index is 11.2. The van der Waals surface area contributed by atoms with Gasteiger partial charge in [-0.1, -0.05) is 0 Å². The van der Waals surface area contributed by atoms with Gasteiger partial charge in [-0.25, -0.2) is 4.79 Å². The molecule has 5 heteroatoms. The minimum absolute atomic E-state index is 0.152. The van der Waals surface area contributed by atoms with Crippen LogP contribution in [0.2, 0.25) is 0 Å². The normalized spacial score (nSPS) is 19.1. The number of nitrogens with one attached hydrogen (secondary N) is 1. The van der Waals surface area contributed by atoms with Gasteiger partial charge in [0.25, 0.3) is 0 Å². The molecular formula is C8H14N2O2S. The standard InChI is InChI=1S/C8H14N2O2S/c1-6(3-4-13-2)10-5-7(11)9-8(10)12/h6H,3-5H2,1-2H3,(H,9,11,12). The SMILES string of the molecule is CSCCC(C)N1CC(=O)NC1=O. The molecule has 0 aromatic carbocycles. The average Bonchev–Trinajstić information content (AvgIpc) is 2.41. The van der Waals surface area contributed by atoms with Crippen LogP contribution in [0.3, 0.4) is 0 Å². The first-order valence-electron chi connectivity index (χ1n) is 4.24. The third kappa shape index (κ3) is 2.62. The lowest BCUT2D eigenvalue weighted by molar-refractivity contribution is -0.118. The molecule has 13 heavy (non-hydrogen) atoms. The molecule has 0 aromatic rings. The van der Waals surface area contributed by atoms with Crippen LogP contribution in [0.5, 0.6) is 0 Å². The van der Waals surface area contributed by atoms with E-state index >= 15 is 0 Å². The molecule has 74 valence electrons. The molecule has 1 rings (SSSR count). The molecule has 1 atom stereocenters. The van der Waals surface area contributed by atoms with Gasteiger partial charge in [-0.3, -0.25) is 10.1 Å². The van der Waals surface area contributed by atoms with Crippen molar-refractivity contribution in [3.05, 3.63) is 0 Å². The van der Waals surface area contributed by atoms with Gasteiger partial charge in [-0.15, -0.1) is 0 Å². The van der Waals surface area contributed by atoms with Gasteiger partial charge in [0, 0.05) is 6.04 Å². The molecule has 0 bridgehead atoms. The van der Waals surface area contributed by atoms with Crippen LogP contribution in [0.25, 0.3) is 0 Å². The molecule has 0 aliphatic carbocycles. The number of amides is 3. The van der Waals surface area contributed by atoms with Crippen LogP contribution in [0.15, 0.2) is 0 Å². The number of urea groups is 1. The van der Waals surface area contributed by atoms with Gasteiger partial charge in [-0.2, -0.15) is 11.8 Å². The van der Waals surface area contributed by atoms with E-state index in [0.29, 0.717) is 0 Å². The molecule has 0 aromatic heterocycles. The first-order valence-corrected chi connectivity index (χ1v) is 5.64. The molecule has 1 heterocycles. The number of carbonyl (C=O) groups is 2. The lowest BCUT2D eigenvalue weighted by atomic mass is 10.2. The van der Waals surface area contributed by atoms with E-state index in [1.54, 1.807) is 16.7 Å². The highest BCUT2D eigenvalue weighted by atomic mass is 32.2. The van der Waals surface area contributed by atoms with Crippen molar-refractivity contribution in [2.45, 2.75) is 19.4 Å². The Morgan fingerprint density at radius 2 is 2.31 bits per heavy atom. The Balaban J connectivity index is 2.42. The topological polar surface area (TPSA) is 49.4 Å². The van der Waals surface area contributed by atoms with Gasteiger partial charge >= 0.3 is 6.03 Å². The summed E-state index contributed by atoms with van der Waals surface area (Å²) in [4.78, 5) is 23.6.